The number of hydrogen-bond donors (Lipinski definition) is 1. The minimum atomic E-state index is 0.565. The lowest BCUT2D eigenvalue weighted by Gasteiger charge is -2.04. The van der Waals surface area contributed by atoms with Crippen LogP contribution in [0.5, 0.6) is 0 Å². The number of benzene rings is 1. The van der Waals surface area contributed by atoms with Gasteiger partial charge in [-0.15, -0.1) is 0 Å². The molecule has 0 radical (unpaired) electrons. The van der Waals surface area contributed by atoms with E-state index in [-0.39, 0.29) is 0 Å². The van der Waals surface area contributed by atoms with E-state index in [0.29, 0.717) is 12.4 Å². The number of nitrogen functional groups attached to an aromatic ring is 1. The Morgan fingerprint density at radius 2 is 2.00 bits per heavy atom. The van der Waals surface area contributed by atoms with Crippen LogP contribution in [0.3, 0.4) is 0 Å². The number of rotatable bonds is 6. The van der Waals surface area contributed by atoms with Gasteiger partial charge in [-0.3, -0.25) is 4.68 Å². The maximum absolute atomic E-state index is 5.58. The summed E-state index contributed by atoms with van der Waals surface area (Å²) in [4.78, 5) is 0. The first-order chi connectivity index (χ1) is 8.34. The maximum Gasteiger partial charge on any atom is 0.145 e. The van der Waals surface area contributed by atoms with Gasteiger partial charge in [0.25, 0.3) is 0 Å². The third-order valence-electron chi connectivity index (χ3n) is 2.45. The highest BCUT2D eigenvalue weighted by Gasteiger charge is 1.95. The molecule has 2 aromatic rings. The van der Waals surface area contributed by atoms with Crippen LogP contribution in [0.25, 0.3) is 0 Å². The molecule has 0 saturated heterocycles. The summed E-state index contributed by atoms with van der Waals surface area (Å²) in [6, 6.07) is 12.0. The van der Waals surface area contributed by atoms with Gasteiger partial charge in [0.2, 0.25) is 0 Å². The molecule has 1 aromatic carbocycles. The molecule has 0 fully saturated rings. The zero-order valence-electron chi connectivity index (χ0n) is 9.75. The van der Waals surface area contributed by atoms with Crippen LogP contribution >= 0.6 is 0 Å². The molecule has 90 valence electrons. The highest BCUT2D eigenvalue weighted by molar-refractivity contribution is 5.23. The Morgan fingerprint density at radius 1 is 1.18 bits per heavy atom. The van der Waals surface area contributed by atoms with Crippen molar-refractivity contribution in [1.29, 1.82) is 0 Å². The summed E-state index contributed by atoms with van der Waals surface area (Å²) in [6.07, 6.45) is 2.82. The van der Waals surface area contributed by atoms with E-state index in [1.54, 1.807) is 6.07 Å². The number of aromatic nitrogens is 2. The number of anilines is 1. The molecule has 0 unspecified atom stereocenters. The molecule has 0 amide bonds. The lowest BCUT2D eigenvalue weighted by atomic mass is 10.2. The summed E-state index contributed by atoms with van der Waals surface area (Å²) in [5.74, 6) is 0.565. The van der Waals surface area contributed by atoms with E-state index < -0.39 is 0 Å². The van der Waals surface area contributed by atoms with Crippen molar-refractivity contribution in [2.75, 3.05) is 12.3 Å². The predicted molar refractivity (Wildman–Crippen MR) is 67.4 cm³/mol. The molecule has 2 N–H and O–H groups in total. The standard InChI is InChI=1S/C13H17N3O/c14-13-7-9-16(15-13)8-4-10-17-11-12-5-2-1-3-6-12/h1-3,5-7,9H,4,8,10-11H2,(H2,14,15). The van der Waals surface area contributed by atoms with E-state index >= 15 is 0 Å². The molecular formula is C13H17N3O. The van der Waals surface area contributed by atoms with Crippen molar-refractivity contribution in [2.24, 2.45) is 0 Å². The number of aryl methyl sites for hydroxylation is 1. The van der Waals surface area contributed by atoms with Gasteiger partial charge in [-0.1, -0.05) is 30.3 Å². The van der Waals surface area contributed by atoms with Crippen LogP contribution in [0, 0.1) is 0 Å². The largest absolute Gasteiger partial charge is 0.382 e. The molecule has 1 aromatic heterocycles. The Labute approximate surface area is 101 Å². The van der Waals surface area contributed by atoms with Gasteiger partial charge in [0.1, 0.15) is 5.82 Å². The van der Waals surface area contributed by atoms with E-state index in [1.165, 1.54) is 5.56 Å². The summed E-state index contributed by atoms with van der Waals surface area (Å²) in [6.45, 7) is 2.24. The van der Waals surface area contributed by atoms with Crippen LogP contribution in [0.15, 0.2) is 42.6 Å². The van der Waals surface area contributed by atoms with Crippen molar-refractivity contribution in [3.63, 3.8) is 0 Å². The van der Waals surface area contributed by atoms with Gasteiger partial charge in [0, 0.05) is 19.3 Å². The van der Waals surface area contributed by atoms with E-state index in [0.717, 1.165) is 19.6 Å². The number of ether oxygens (including phenoxy) is 1. The van der Waals surface area contributed by atoms with Gasteiger partial charge in [-0.25, -0.2) is 0 Å². The first-order valence-electron chi connectivity index (χ1n) is 5.75. The Hall–Kier alpha value is -1.81. The van der Waals surface area contributed by atoms with E-state index in [1.807, 2.05) is 29.1 Å². The second kappa shape index (κ2) is 6.06. The minimum absolute atomic E-state index is 0.565. The van der Waals surface area contributed by atoms with Gasteiger partial charge >= 0.3 is 0 Å². The molecule has 0 bridgehead atoms. The highest BCUT2D eigenvalue weighted by Crippen LogP contribution is 2.02. The van der Waals surface area contributed by atoms with Gasteiger partial charge in [0.15, 0.2) is 0 Å². The van der Waals surface area contributed by atoms with Gasteiger partial charge < -0.3 is 10.5 Å². The summed E-state index contributed by atoms with van der Waals surface area (Å²) in [5.41, 5.74) is 6.73. The van der Waals surface area contributed by atoms with E-state index in [2.05, 4.69) is 17.2 Å². The van der Waals surface area contributed by atoms with Crippen LogP contribution in [0.2, 0.25) is 0 Å². The summed E-state index contributed by atoms with van der Waals surface area (Å²) in [7, 11) is 0. The molecule has 0 aliphatic rings. The fraction of sp³-hybridized carbons (Fsp3) is 0.308. The molecule has 4 heteroatoms. The van der Waals surface area contributed by atoms with Gasteiger partial charge in [-0.2, -0.15) is 5.10 Å². The maximum atomic E-state index is 5.58. The quantitative estimate of drug-likeness (QED) is 0.774. The molecule has 0 saturated carbocycles. The van der Waals surface area contributed by atoms with Crippen molar-refractivity contribution in [2.45, 2.75) is 19.6 Å². The first kappa shape index (κ1) is 11.7. The Balaban J connectivity index is 1.61. The van der Waals surface area contributed by atoms with Crippen molar-refractivity contribution >= 4 is 5.82 Å². The van der Waals surface area contributed by atoms with E-state index in [4.69, 9.17) is 10.5 Å². The smallest absolute Gasteiger partial charge is 0.145 e. The zero-order chi connectivity index (χ0) is 11.9. The molecule has 0 aliphatic heterocycles. The van der Waals surface area contributed by atoms with Crippen LogP contribution < -0.4 is 5.73 Å². The lowest BCUT2D eigenvalue weighted by molar-refractivity contribution is 0.115. The summed E-state index contributed by atoms with van der Waals surface area (Å²) >= 11 is 0. The summed E-state index contributed by atoms with van der Waals surface area (Å²) < 4.78 is 7.41. The molecule has 4 nitrogen and oxygen atoms in total. The molecule has 2 rings (SSSR count). The number of nitrogens with two attached hydrogens (primary N) is 1. The van der Waals surface area contributed by atoms with Crippen LogP contribution in [0.1, 0.15) is 12.0 Å². The average molecular weight is 231 g/mol. The van der Waals surface area contributed by atoms with E-state index in [9.17, 15) is 0 Å². The van der Waals surface area contributed by atoms with Crippen molar-refractivity contribution in [3.8, 4) is 0 Å². The topological polar surface area (TPSA) is 53.1 Å². The van der Waals surface area contributed by atoms with Crippen LogP contribution in [-0.4, -0.2) is 16.4 Å². The van der Waals surface area contributed by atoms with Gasteiger partial charge in [0.05, 0.1) is 6.61 Å². The Kier molecular flexibility index (Phi) is 4.16. The average Bonchev–Trinajstić information content (AvgIpc) is 2.76. The zero-order valence-corrected chi connectivity index (χ0v) is 9.75. The van der Waals surface area contributed by atoms with Crippen LogP contribution in [-0.2, 0) is 17.9 Å². The lowest BCUT2D eigenvalue weighted by Crippen LogP contribution is -2.04. The summed E-state index contributed by atoms with van der Waals surface area (Å²) in [5, 5.41) is 4.11. The Bertz CT molecular complexity index is 439. The first-order valence-corrected chi connectivity index (χ1v) is 5.75. The van der Waals surface area contributed by atoms with Crippen molar-refractivity contribution < 1.29 is 4.74 Å². The molecular weight excluding hydrogens is 214 g/mol. The SMILES string of the molecule is Nc1ccn(CCCOCc2ccccc2)n1. The molecule has 1 heterocycles. The second-order valence-electron chi connectivity index (χ2n) is 3.90. The fourth-order valence-electron chi connectivity index (χ4n) is 1.59. The highest BCUT2D eigenvalue weighted by atomic mass is 16.5. The second-order valence-corrected chi connectivity index (χ2v) is 3.90. The third kappa shape index (κ3) is 3.92. The monoisotopic (exact) mass is 231 g/mol. The minimum Gasteiger partial charge on any atom is -0.382 e. The molecule has 0 aliphatic carbocycles. The van der Waals surface area contributed by atoms with Crippen molar-refractivity contribution in [1.82, 2.24) is 9.78 Å². The molecule has 17 heavy (non-hydrogen) atoms. The van der Waals surface area contributed by atoms with Crippen molar-refractivity contribution in [3.05, 3.63) is 48.2 Å². The normalized spacial score (nSPS) is 10.6. The number of nitrogens with zero attached hydrogens (tertiary/aromatic N) is 2. The fourth-order valence-corrected chi connectivity index (χ4v) is 1.59. The Morgan fingerprint density at radius 3 is 2.71 bits per heavy atom. The predicted octanol–water partition coefficient (Wildman–Crippen LogP) is 2.07. The number of hydrogen-bond acceptors (Lipinski definition) is 3. The third-order valence-corrected chi connectivity index (χ3v) is 2.45. The van der Waals surface area contributed by atoms with Crippen LogP contribution in [0.4, 0.5) is 5.82 Å². The molecule has 0 spiro atoms. The van der Waals surface area contributed by atoms with Gasteiger partial charge in [-0.05, 0) is 18.1 Å². The molecule has 0 atom stereocenters.